The van der Waals surface area contributed by atoms with E-state index in [1.54, 1.807) is 0 Å². The van der Waals surface area contributed by atoms with Gasteiger partial charge in [0.1, 0.15) is 5.60 Å². The molecule has 1 saturated carbocycles. The summed E-state index contributed by atoms with van der Waals surface area (Å²) in [7, 11) is 0. The molecule has 0 unspecified atom stereocenters. The standard InChI is InChI=1S/C19H30N2O2/c1-5-15-7-9-16(10-8-15)13-20-14-19(11-6-12-19)21-17(22)23-18(2,3)4/h7-10,20H,5-6,11-14H2,1-4H3,(H,21,22). The Morgan fingerprint density at radius 2 is 1.78 bits per heavy atom. The molecule has 0 radical (unpaired) electrons. The van der Waals surface area contributed by atoms with Crippen LogP contribution in [0.4, 0.5) is 4.79 Å². The van der Waals surface area contributed by atoms with Crippen molar-refractivity contribution in [2.75, 3.05) is 6.54 Å². The Kier molecular flexibility index (Phi) is 5.69. The third-order valence-electron chi connectivity index (χ3n) is 4.30. The quantitative estimate of drug-likeness (QED) is 0.839. The van der Waals surface area contributed by atoms with Gasteiger partial charge in [0.05, 0.1) is 5.54 Å². The lowest BCUT2D eigenvalue weighted by molar-refractivity contribution is 0.0382. The van der Waals surface area contributed by atoms with E-state index in [2.05, 4.69) is 41.8 Å². The molecule has 4 nitrogen and oxygen atoms in total. The summed E-state index contributed by atoms with van der Waals surface area (Å²) >= 11 is 0. The van der Waals surface area contributed by atoms with E-state index in [9.17, 15) is 4.79 Å². The second kappa shape index (κ2) is 7.35. The van der Waals surface area contributed by atoms with Crippen molar-refractivity contribution in [1.29, 1.82) is 0 Å². The maximum atomic E-state index is 12.0. The molecule has 23 heavy (non-hydrogen) atoms. The van der Waals surface area contributed by atoms with Crippen molar-refractivity contribution < 1.29 is 9.53 Å². The van der Waals surface area contributed by atoms with Gasteiger partial charge in [0.15, 0.2) is 0 Å². The fourth-order valence-corrected chi connectivity index (χ4v) is 2.81. The zero-order valence-corrected chi connectivity index (χ0v) is 14.9. The van der Waals surface area contributed by atoms with Gasteiger partial charge in [-0.1, -0.05) is 31.2 Å². The lowest BCUT2D eigenvalue weighted by Crippen LogP contribution is -2.59. The third kappa shape index (κ3) is 5.54. The molecule has 2 rings (SSSR count). The van der Waals surface area contributed by atoms with Gasteiger partial charge in [-0.25, -0.2) is 4.79 Å². The average molecular weight is 318 g/mol. The number of nitrogens with one attached hydrogen (secondary N) is 2. The molecule has 0 aliphatic heterocycles. The van der Waals surface area contributed by atoms with Crippen LogP contribution < -0.4 is 10.6 Å². The molecule has 0 heterocycles. The number of benzene rings is 1. The van der Waals surface area contributed by atoms with Crippen LogP contribution in [0.25, 0.3) is 0 Å². The van der Waals surface area contributed by atoms with E-state index in [0.29, 0.717) is 0 Å². The highest BCUT2D eigenvalue weighted by Gasteiger charge is 2.39. The average Bonchev–Trinajstić information content (AvgIpc) is 2.43. The number of alkyl carbamates (subject to hydrolysis) is 1. The molecule has 128 valence electrons. The zero-order chi connectivity index (χ0) is 16.9. The Bertz CT molecular complexity index is 513. The Morgan fingerprint density at radius 1 is 1.17 bits per heavy atom. The number of hydrogen-bond acceptors (Lipinski definition) is 3. The first-order valence-electron chi connectivity index (χ1n) is 8.62. The van der Waals surface area contributed by atoms with Gasteiger partial charge in [-0.15, -0.1) is 0 Å². The lowest BCUT2D eigenvalue weighted by atomic mass is 9.76. The lowest BCUT2D eigenvalue weighted by Gasteiger charge is -2.42. The van der Waals surface area contributed by atoms with Gasteiger partial charge in [0.25, 0.3) is 0 Å². The second-order valence-corrected chi connectivity index (χ2v) is 7.53. The zero-order valence-electron chi connectivity index (χ0n) is 14.9. The minimum atomic E-state index is -0.455. The number of amides is 1. The van der Waals surface area contributed by atoms with E-state index in [4.69, 9.17) is 4.74 Å². The van der Waals surface area contributed by atoms with Gasteiger partial charge in [0, 0.05) is 13.1 Å². The maximum absolute atomic E-state index is 12.0. The van der Waals surface area contributed by atoms with E-state index in [1.165, 1.54) is 11.1 Å². The highest BCUT2D eigenvalue weighted by molar-refractivity contribution is 5.69. The molecule has 1 fully saturated rings. The summed E-state index contributed by atoms with van der Waals surface area (Å²) in [4.78, 5) is 12.0. The topological polar surface area (TPSA) is 50.4 Å². The summed E-state index contributed by atoms with van der Waals surface area (Å²) in [6, 6.07) is 8.69. The molecule has 1 aliphatic carbocycles. The predicted molar refractivity (Wildman–Crippen MR) is 93.5 cm³/mol. The monoisotopic (exact) mass is 318 g/mol. The molecule has 1 aliphatic rings. The molecule has 2 N–H and O–H groups in total. The Labute approximate surface area is 140 Å². The van der Waals surface area contributed by atoms with Gasteiger partial charge in [-0.2, -0.15) is 0 Å². The highest BCUT2D eigenvalue weighted by Crippen LogP contribution is 2.31. The van der Waals surface area contributed by atoms with Crippen LogP contribution in [0.15, 0.2) is 24.3 Å². The first kappa shape index (κ1) is 17.8. The van der Waals surface area contributed by atoms with Crippen molar-refractivity contribution in [3.8, 4) is 0 Å². The van der Waals surface area contributed by atoms with Crippen LogP contribution in [0.1, 0.15) is 58.1 Å². The van der Waals surface area contributed by atoms with Crippen LogP contribution in [0, 0.1) is 0 Å². The van der Waals surface area contributed by atoms with Crippen LogP contribution >= 0.6 is 0 Å². The van der Waals surface area contributed by atoms with E-state index in [0.717, 1.165) is 38.8 Å². The van der Waals surface area contributed by atoms with Gasteiger partial charge in [-0.3, -0.25) is 0 Å². The van der Waals surface area contributed by atoms with Crippen LogP contribution in [0.2, 0.25) is 0 Å². The molecule has 0 spiro atoms. The third-order valence-corrected chi connectivity index (χ3v) is 4.30. The van der Waals surface area contributed by atoms with Crippen molar-refractivity contribution in [3.63, 3.8) is 0 Å². The number of ether oxygens (including phenoxy) is 1. The summed E-state index contributed by atoms with van der Waals surface area (Å²) in [5, 5.41) is 6.55. The van der Waals surface area contributed by atoms with Gasteiger partial charge >= 0.3 is 6.09 Å². The van der Waals surface area contributed by atoms with E-state index < -0.39 is 5.60 Å². The van der Waals surface area contributed by atoms with E-state index in [1.807, 2.05) is 20.8 Å². The van der Waals surface area contributed by atoms with Gasteiger partial charge in [-0.05, 0) is 57.6 Å². The summed E-state index contributed by atoms with van der Waals surface area (Å²) < 4.78 is 5.38. The van der Waals surface area contributed by atoms with Crippen molar-refractivity contribution in [2.24, 2.45) is 0 Å². The molecule has 1 aromatic rings. The SMILES string of the molecule is CCc1ccc(CNCC2(NC(=O)OC(C)(C)C)CCC2)cc1. The largest absolute Gasteiger partial charge is 0.444 e. The summed E-state index contributed by atoms with van der Waals surface area (Å²) in [6.07, 6.45) is 3.92. The molecule has 0 atom stereocenters. The number of rotatable bonds is 6. The summed E-state index contributed by atoms with van der Waals surface area (Å²) in [6.45, 7) is 9.42. The first-order chi connectivity index (χ1) is 10.8. The maximum Gasteiger partial charge on any atom is 0.408 e. The molecule has 4 heteroatoms. The van der Waals surface area contributed by atoms with Crippen molar-refractivity contribution in [2.45, 2.75) is 71.1 Å². The number of aryl methyl sites for hydroxylation is 1. The number of hydrogen-bond donors (Lipinski definition) is 2. The second-order valence-electron chi connectivity index (χ2n) is 7.53. The minimum absolute atomic E-state index is 0.147. The highest BCUT2D eigenvalue weighted by atomic mass is 16.6. The Morgan fingerprint density at radius 3 is 2.26 bits per heavy atom. The molecular weight excluding hydrogens is 288 g/mol. The van der Waals surface area contributed by atoms with Crippen molar-refractivity contribution in [3.05, 3.63) is 35.4 Å². The first-order valence-corrected chi connectivity index (χ1v) is 8.62. The van der Waals surface area contributed by atoms with Crippen molar-refractivity contribution in [1.82, 2.24) is 10.6 Å². The predicted octanol–water partition coefficient (Wildman–Crippen LogP) is 3.79. The molecule has 1 amide bonds. The van der Waals surface area contributed by atoms with Crippen LogP contribution in [0.3, 0.4) is 0 Å². The van der Waals surface area contributed by atoms with Gasteiger partial charge in [0.2, 0.25) is 0 Å². The number of carbonyl (C=O) groups excluding carboxylic acids is 1. The van der Waals surface area contributed by atoms with Crippen LogP contribution in [0.5, 0.6) is 0 Å². The van der Waals surface area contributed by atoms with Crippen LogP contribution in [-0.2, 0) is 17.7 Å². The van der Waals surface area contributed by atoms with Crippen molar-refractivity contribution >= 4 is 6.09 Å². The molecule has 0 bridgehead atoms. The van der Waals surface area contributed by atoms with E-state index in [-0.39, 0.29) is 11.6 Å². The molecule has 0 saturated heterocycles. The summed E-state index contributed by atoms with van der Waals surface area (Å²) in [5.41, 5.74) is 2.03. The normalized spacial score (nSPS) is 16.5. The molecule has 1 aromatic carbocycles. The fraction of sp³-hybridized carbons (Fsp3) is 0.632. The Hall–Kier alpha value is -1.55. The van der Waals surface area contributed by atoms with Gasteiger partial charge < -0.3 is 15.4 Å². The Balaban J connectivity index is 1.80. The fourth-order valence-electron chi connectivity index (χ4n) is 2.81. The summed E-state index contributed by atoms with van der Waals surface area (Å²) in [5.74, 6) is 0. The van der Waals surface area contributed by atoms with Crippen LogP contribution in [-0.4, -0.2) is 23.8 Å². The minimum Gasteiger partial charge on any atom is -0.444 e. The smallest absolute Gasteiger partial charge is 0.408 e. The molecular formula is C19H30N2O2. The van der Waals surface area contributed by atoms with E-state index >= 15 is 0 Å². The molecule has 0 aromatic heterocycles. The number of carbonyl (C=O) groups is 1.